The molecule has 0 aliphatic carbocycles. The fourth-order valence-corrected chi connectivity index (χ4v) is 1.40. The number of methoxy groups -OCH3 is 1. The fraction of sp³-hybridized carbons (Fsp3) is 1.00. The molecule has 0 amide bonds. The number of hydrogen-bond donors (Lipinski definition) is 2. The maximum atomic E-state index is 9.32. The average Bonchev–Trinajstić information content (AvgIpc) is 2.39. The summed E-state index contributed by atoms with van der Waals surface area (Å²) in [5, 5.41) is 12.6. The Kier molecular flexibility index (Phi) is 11.7. The summed E-state index contributed by atoms with van der Waals surface area (Å²) in [4.78, 5) is 0. The van der Waals surface area contributed by atoms with E-state index in [2.05, 4.69) is 12.2 Å². The summed E-state index contributed by atoms with van der Waals surface area (Å²) in [5.41, 5.74) is -0.355. The minimum absolute atomic E-state index is 0.0711. The summed E-state index contributed by atoms with van der Waals surface area (Å²) in [6, 6.07) is 0. The molecule has 0 aromatic rings. The first kappa shape index (κ1) is 17.8. The third-order valence-electron chi connectivity index (χ3n) is 2.58. The topological polar surface area (TPSA) is 60.0 Å². The summed E-state index contributed by atoms with van der Waals surface area (Å²) >= 11 is 0. The molecule has 0 aliphatic heterocycles. The molecule has 1 unspecified atom stereocenters. The van der Waals surface area contributed by atoms with Crippen molar-refractivity contribution in [3.05, 3.63) is 0 Å². The van der Waals surface area contributed by atoms with Gasteiger partial charge in [-0.25, -0.2) is 0 Å². The molecule has 0 spiro atoms. The molecule has 0 heterocycles. The minimum Gasteiger partial charge on any atom is -0.394 e. The van der Waals surface area contributed by atoms with E-state index in [1.807, 2.05) is 6.92 Å². The predicted octanol–water partition coefficient (Wildman–Crippen LogP) is 0.807. The average molecular weight is 263 g/mol. The van der Waals surface area contributed by atoms with Crippen molar-refractivity contribution in [2.24, 2.45) is 0 Å². The summed E-state index contributed by atoms with van der Waals surface area (Å²) in [6.07, 6.45) is 1.95. The zero-order valence-corrected chi connectivity index (χ0v) is 12.0. The lowest BCUT2D eigenvalue weighted by Gasteiger charge is -2.28. The van der Waals surface area contributed by atoms with Crippen LogP contribution in [0.5, 0.6) is 0 Å². The molecule has 110 valence electrons. The molecule has 18 heavy (non-hydrogen) atoms. The molecular formula is C13H29NO4. The first-order valence-corrected chi connectivity index (χ1v) is 6.69. The van der Waals surface area contributed by atoms with Crippen molar-refractivity contribution in [1.82, 2.24) is 5.32 Å². The highest BCUT2D eigenvalue weighted by molar-refractivity contribution is 4.81. The lowest BCUT2D eigenvalue weighted by atomic mass is 10.1. The molecule has 5 nitrogen and oxygen atoms in total. The van der Waals surface area contributed by atoms with Crippen molar-refractivity contribution in [2.75, 3.05) is 53.3 Å². The predicted molar refractivity (Wildman–Crippen MR) is 71.9 cm³/mol. The van der Waals surface area contributed by atoms with Crippen molar-refractivity contribution in [3.63, 3.8) is 0 Å². The Hall–Kier alpha value is -0.200. The van der Waals surface area contributed by atoms with Crippen LogP contribution < -0.4 is 5.32 Å². The van der Waals surface area contributed by atoms with Crippen LogP contribution in [0.1, 0.15) is 26.7 Å². The highest BCUT2D eigenvalue weighted by Gasteiger charge is 2.22. The first-order chi connectivity index (χ1) is 8.68. The Morgan fingerprint density at radius 2 is 1.83 bits per heavy atom. The Labute approximate surface area is 111 Å². The number of aliphatic hydroxyl groups excluding tert-OH is 1. The second-order valence-corrected chi connectivity index (χ2v) is 4.66. The Morgan fingerprint density at radius 1 is 1.11 bits per heavy atom. The molecule has 0 saturated carbocycles. The monoisotopic (exact) mass is 263 g/mol. The van der Waals surface area contributed by atoms with E-state index < -0.39 is 0 Å². The molecule has 0 aromatic carbocycles. The smallest absolute Gasteiger partial charge is 0.0701 e. The van der Waals surface area contributed by atoms with Crippen LogP contribution in [0, 0.1) is 0 Å². The van der Waals surface area contributed by atoms with E-state index in [1.165, 1.54) is 0 Å². The van der Waals surface area contributed by atoms with Crippen molar-refractivity contribution in [2.45, 2.75) is 32.2 Å². The fourth-order valence-electron chi connectivity index (χ4n) is 1.40. The van der Waals surface area contributed by atoms with Gasteiger partial charge >= 0.3 is 0 Å². The van der Waals surface area contributed by atoms with Crippen molar-refractivity contribution < 1.29 is 19.3 Å². The van der Waals surface area contributed by atoms with Gasteiger partial charge in [-0.1, -0.05) is 6.92 Å². The standard InChI is InChI=1S/C13H29NO4/c1-4-6-14-13(2,11-15)12-18-10-9-17-8-5-7-16-3/h14-15H,4-12H2,1-3H3. The minimum atomic E-state index is -0.355. The zero-order chi connectivity index (χ0) is 13.7. The zero-order valence-electron chi connectivity index (χ0n) is 12.0. The van der Waals surface area contributed by atoms with Gasteiger partial charge in [0.2, 0.25) is 0 Å². The number of rotatable bonds is 13. The van der Waals surface area contributed by atoms with Gasteiger partial charge in [0.25, 0.3) is 0 Å². The van der Waals surface area contributed by atoms with Crippen LogP contribution in [-0.4, -0.2) is 63.9 Å². The number of aliphatic hydroxyl groups is 1. The van der Waals surface area contributed by atoms with Gasteiger partial charge in [-0.15, -0.1) is 0 Å². The SMILES string of the molecule is CCCNC(C)(CO)COCCOCCCOC. The third-order valence-corrected chi connectivity index (χ3v) is 2.58. The molecule has 0 bridgehead atoms. The van der Waals surface area contributed by atoms with E-state index >= 15 is 0 Å². The maximum Gasteiger partial charge on any atom is 0.0701 e. The molecule has 0 saturated heterocycles. The largest absolute Gasteiger partial charge is 0.394 e. The van der Waals surface area contributed by atoms with E-state index in [0.717, 1.165) is 26.0 Å². The van der Waals surface area contributed by atoms with Gasteiger partial charge in [-0.3, -0.25) is 0 Å². The quantitative estimate of drug-likeness (QED) is 0.482. The summed E-state index contributed by atoms with van der Waals surface area (Å²) in [7, 11) is 1.68. The van der Waals surface area contributed by atoms with Crippen LogP contribution >= 0.6 is 0 Å². The van der Waals surface area contributed by atoms with Gasteiger partial charge in [-0.05, 0) is 26.3 Å². The summed E-state index contributed by atoms with van der Waals surface area (Å²) in [5.74, 6) is 0. The number of hydrogen-bond acceptors (Lipinski definition) is 5. The van der Waals surface area contributed by atoms with E-state index in [-0.39, 0.29) is 12.1 Å². The molecule has 5 heteroatoms. The second-order valence-electron chi connectivity index (χ2n) is 4.66. The molecular weight excluding hydrogens is 234 g/mol. The van der Waals surface area contributed by atoms with Gasteiger partial charge in [0.15, 0.2) is 0 Å². The maximum absolute atomic E-state index is 9.32. The van der Waals surface area contributed by atoms with E-state index in [1.54, 1.807) is 7.11 Å². The van der Waals surface area contributed by atoms with Crippen LogP contribution in [0.3, 0.4) is 0 Å². The molecule has 1 atom stereocenters. The highest BCUT2D eigenvalue weighted by Crippen LogP contribution is 2.03. The van der Waals surface area contributed by atoms with Gasteiger partial charge in [0, 0.05) is 20.3 Å². The molecule has 2 N–H and O–H groups in total. The van der Waals surface area contributed by atoms with E-state index in [9.17, 15) is 5.11 Å². The van der Waals surface area contributed by atoms with Gasteiger partial charge in [0.05, 0.1) is 32.0 Å². The Balaban J connectivity index is 3.44. The van der Waals surface area contributed by atoms with Gasteiger partial charge in [-0.2, -0.15) is 0 Å². The van der Waals surface area contributed by atoms with Gasteiger partial charge < -0.3 is 24.6 Å². The van der Waals surface area contributed by atoms with Crippen LogP contribution in [0.2, 0.25) is 0 Å². The number of nitrogens with one attached hydrogen (secondary N) is 1. The van der Waals surface area contributed by atoms with Crippen LogP contribution in [0.25, 0.3) is 0 Å². The Bertz CT molecular complexity index is 180. The molecule has 0 aliphatic rings. The highest BCUT2D eigenvalue weighted by atomic mass is 16.5. The van der Waals surface area contributed by atoms with Crippen LogP contribution in [0.4, 0.5) is 0 Å². The van der Waals surface area contributed by atoms with Crippen LogP contribution in [0.15, 0.2) is 0 Å². The van der Waals surface area contributed by atoms with Crippen molar-refractivity contribution >= 4 is 0 Å². The summed E-state index contributed by atoms with van der Waals surface area (Å²) < 4.78 is 15.8. The second kappa shape index (κ2) is 11.9. The lowest BCUT2D eigenvalue weighted by Crippen LogP contribution is -2.50. The molecule has 0 radical (unpaired) electrons. The van der Waals surface area contributed by atoms with E-state index in [0.29, 0.717) is 26.4 Å². The summed E-state index contributed by atoms with van der Waals surface area (Å²) in [6.45, 7) is 8.06. The van der Waals surface area contributed by atoms with Gasteiger partial charge in [0.1, 0.15) is 0 Å². The van der Waals surface area contributed by atoms with E-state index in [4.69, 9.17) is 14.2 Å². The molecule has 0 aromatic heterocycles. The lowest BCUT2D eigenvalue weighted by molar-refractivity contribution is 0.00557. The number of ether oxygens (including phenoxy) is 3. The van der Waals surface area contributed by atoms with Crippen LogP contribution in [-0.2, 0) is 14.2 Å². The molecule has 0 rings (SSSR count). The van der Waals surface area contributed by atoms with Crippen molar-refractivity contribution in [1.29, 1.82) is 0 Å². The molecule has 0 fully saturated rings. The third kappa shape index (κ3) is 9.79. The normalized spacial score (nSPS) is 14.7. The van der Waals surface area contributed by atoms with Crippen molar-refractivity contribution in [3.8, 4) is 0 Å². The first-order valence-electron chi connectivity index (χ1n) is 6.69. The Morgan fingerprint density at radius 3 is 2.44 bits per heavy atom.